The summed E-state index contributed by atoms with van der Waals surface area (Å²) >= 11 is 0. The minimum atomic E-state index is -3.73. The van der Waals surface area contributed by atoms with E-state index in [0.717, 1.165) is 48.3 Å². The van der Waals surface area contributed by atoms with Gasteiger partial charge < -0.3 is 9.32 Å². The molecular weight excluding hydrogens is 450 g/mol. The zero-order chi connectivity index (χ0) is 24.1. The molecule has 4 bridgehead atoms. The lowest BCUT2D eigenvalue weighted by Crippen LogP contribution is -2.62. The fourth-order valence-electron chi connectivity index (χ4n) is 7.10. The quantitative estimate of drug-likeness (QED) is 0.611. The predicted octanol–water partition coefficient (Wildman–Crippen LogP) is 3.92. The van der Waals surface area contributed by atoms with Crippen molar-refractivity contribution in [3.05, 3.63) is 54.0 Å². The second-order valence-corrected chi connectivity index (χ2v) is 12.5. The van der Waals surface area contributed by atoms with Gasteiger partial charge in [0.25, 0.3) is 0 Å². The standard InChI is InChI=1S/C26H35N3O4S/c1-18(22-5-7-24(8-6-22)34(27,31)32)28(2)17-25(30)29(16-23-4-3-9-33-23)26-13-19-10-20(14-26)12-21(11-19)15-26/h3-9,18-21H,10-17H2,1-2H3,(H2,27,31,32)/t18-,19?,20?,21?,26?/m0/s1. The van der Waals surface area contributed by atoms with Gasteiger partial charge in [-0.3, -0.25) is 9.69 Å². The average Bonchev–Trinajstić information content (AvgIpc) is 3.29. The summed E-state index contributed by atoms with van der Waals surface area (Å²) in [6.07, 6.45) is 8.99. The van der Waals surface area contributed by atoms with Crippen molar-refractivity contribution in [2.24, 2.45) is 22.9 Å². The summed E-state index contributed by atoms with van der Waals surface area (Å²) in [5, 5.41) is 5.23. The molecule has 184 valence electrons. The minimum Gasteiger partial charge on any atom is -0.467 e. The summed E-state index contributed by atoms with van der Waals surface area (Å²) in [7, 11) is -1.78. The number of benzene rings is 1. The minimum absolute atomic E-state index is 0.0553. The normalized spacial score (nSPS) is 28.9. The number of likely N-dealkylation sites (N-methyl/N-ethyl adjacent to an activating group) is 1. The van der Waals surface area contributed by atoms with Crippen LogP contribution >= 0.6 is 0 Å². The van der Waals surface area contributed by atoms with E-state index in [9.17, 15) is 13.2 Å². The Kier molecular flexibility index (Phi) is 6.11. The van der Waals surface area contributed by atoms with E-state index < -0.39 is 10.0 Å². The maximum Gasteiger partial charge on any atom is 0.238 e. The van der Waals surface area contributed by atoms with Gasteiger partial charge in [-0.2, -0.15) is 0 Å². The molecule has 4 saturated carbocycles. The first-order chi connectivity index (χ1) is 16.1. The number of carbonyl (C=O) groups excluding carboxylic acids is 1. The molecule has 7 nitrogen and oxygen atoms in total. The second-order valence-electron chi connectivity index (χ2n) is 10.9. The summed E-state index contributed by atoms with van der Waals surface area (Å²) in [4.78, 5) is 18.1. The van der Waals surface area contributed by atoms with Gasteiger partial charge in [-0.15, -0.1) is 0 Å². The van der Waals surface area contributed by atoms with Crippen molar-refractivity contribution in [1.82, 2.24) is 9.80 Å². The van der Waals surface area contributed by atoms with Gasteiger partial charge in [-0.05, 0) is 100 Å². The van der Waals surface area contributed by atoms with Gasteiger partial charge in [-0.1, -0.05) is 12.1 Å². The highest BCUT2D eigenvalue weighted by Gasteiger charge is 2.54. The number of nitrogens with two attached hydrogens (primary N) is 1. The zero-order valence-electron chi connectivity index (χ0n) is 20.0. The van der Waals surface area contributed by atoms with Crippen molar-refractivity contribution in [3.63, 3.8) is 0 Å². The van der Waals surface area contributed by atoms with E-state index in [0.29, 0.717) is 13.1 Å². The van der Waals surface area contributed by atoms with Crippen molar-refractivity contribution in [1.29, 1.82) is 0 Å². The van der Waals surface area contributed by atoms with Gasteiger partial charge in [0.2, 0.25) is 15.9 Å². The van der Waals surface area contributed by atoms with E-state index in [1.165, 1.54) is 31.4 Å². The highest BCUT2D eigenvalue weighted by Crippen LogP contribution is 2.58. The van der Waals surface area contributed by atoms with Gasteiger partial charge in [0.05, 0.1) is 24.2 Å². The Bertz CT molecular complexity index is 1090. The highest BCUT2D eigenvalue weighted by molar-refractivity contribution is 7.89. The second kappa shape index (κ2) is 8.81. The number of primary sulfonamides is 1. The van der Waals surface area contributed by atoms with E-state index in [1.807, 2.05) is 31.0 Å². The lowest BCUT2D eigenvalue weighted by atomic mass is 9.52. The molecular formula is C26H35N3O4S. The molecule has 8 heteroatoms. The molecule has 4 fully saturated rings. The Morgan fingerprint density at radius 1 is 1.09 bits per heavy atom. The fourth-order valence-corrected chi connectivity index (χ4v) is 7.62. The van der Waals surface area contributed by atoms with Crippen LogP contribution in [0.5, 0.6) is 0 Å². The fraction of sp³-hybridized carbons (Fsp3) is 0.577. The van der Waals surface area contributed by atoms with Crippen LogP contribution in [0.25, 0.3) is 0 Å². The van der Waals surface area contributed by atoms with Crippen LogP contribution in [-0.4, -0.2) is 43.3 Å². The first-order valence-corrected chi connectivity index (χ1v) is 13.8. The third-order valence-corrected chi connectivity index (χ3v) is 9.44. The number of sulfonamides is 1. The molecule has 1 amide bonds. The predicted molar refractivity (Wildman–Crippen MR) is 129 cm³/mol. The van der Waals surface area contributed by atoms with Crippen molar-refractivity contribution < 1.29 is 17.6 Å². The molecule has 0 saturated heterocycles. The Morgan fingerprint density at radius 3 is 2.18 bits per heavy atom. The van der Waals surface area contributed by atoms with Crippen LogP contribution < -0.4 is 5.14 Å². The van der Waals surface area contributed by atoms with Gasteiger partial charge in [0.1, 0.15) is 5.76 Å². The number of hydrogen-bond acceptors (Lipinski definition) is 5. The maximum absolute atomic E-state index is 13.9. The van der Waals surface area contributed by atoms with Crippen LogP contribution in [0.2, 0.25) is 0 Å². The lowest BCUT2D eigenvalue weighted by molar-refractivity contribution is -0.154. The maximum atomic E-state index is 13.9. The number of rotatable bonds is 8. The van der Waals surface area contributed by atoms with E-state index in [2.05, 4.69) is 4.90 Å². The van der Waals surface area contributed by atoms with Crippen LogP contribution in [-0.2, 0) is 21.4 Å². The summed E-state index contributed by atoms with van der Waals surface area (Å²) in [5.41, 5.74) is 0.884. The molecule has 1 aromatic heterocycles. The SMILES string of the molecule is C[C@@H](c1ccc(S(N)(=O)=O)cc1)N(C)CC(=O)N(Cc1ccco1)C12CC3CC(CC(C3)C1)C2. The smallest absolute Gasteiger partial charge is 0.238 e. The molecule has 0 aliphatic heterocycles. The van der Waals surface area contributed by atoms with Gasteiger partial charge in [0, 0.05) is 11.6 Å². The van der Waals surface area contributed by atoms with Crippen LogP contribution in [0.15, 0.2) is 52.0 Å². The van der Waals surface area contributed by atoms with E-state index in [4.69, 9.17) is 9.56 Å². The molecule has 1 atom stereocenters. The monoisotopic (exact) mass is 485 g/mol. The van der Waals surface area contributed by atoms with Crippen molar-refractivity contribution in [2.45, 2.75) is 68.5 Å². The average molecular weight is 486 g/mol. The lowest BCUT2D eigenvalue weighted by Gasteiger charge is -2.60. The Balaban J connectivity index is 1.34. The number of nitrogens with zero attached hydrogens (tertiary/aromatic N) is 2. The van der Waals surface area contributed by atoms with Crippen LogP contribution in [0, 0.1) is 17.8 Å². The van der Waals surface area contributed by atoms with Crippen molar-refractivity contribution in [2.75, 3.05) is 13.6 Å². The van der Waals surface area contributed by atoms with E-state index in [1.54, 1.807) is 18.4 Å². The molecule has 2 N–H and O–H groups in total. The molecule has 4 aliphatic rings. The summed E-state index contributed by atoms with van der Waals surface area (Å²) in [5.74, 6) is 3.19. The molecule has 1 heterocycles. The first kappa shape index (κ1) is 23.6. The Morgan fingerprint density at radius 2 is 1.68 bits per heavy atom. The van der Waals surface area contributed by atoms with E-state index in [-0.39, 0.29) is 22.4 Å². The Hall–Kier alpha value is -2.16. The number of amides is 1. The molecule has 6 rings (SSSR count). The molecule has 0 unspecified atom stereocenters. The number of furan rings is 1. The first-order valence-electron chi connectivity index (χ1n) is 12.3. The van der Waals surface area contributed by atoms with Crippen molar-refractivity contribution in [3.8, 4) is 0 Å². The van der Waals surface area contributed by atoms with Gasteiger partial charge in [-0.25, -0.2) is 13.6 Å². The molecule has 0 radical (unpaired) electrons. The van der Waals surface area contributed by atoms with Crippen molar-refractivity contribution >= 4 is 15.9 Å². The highest BCUT2D eigenvalue weighted by atomic mass is 32.2. The van der Waals surface area contributed by atoms with Crippen LogP contribution in [0.3, 0.4) is 0 Å². The molecule has 34 heavy (non-hydrogen) atoms. The molecule has 4 aliphatic carbocycles. The summed E-state index contributed by atoms with van der Waals surface area (Å²) < 4.78 is 28.8. The third kappa shape index (κ3) is 4.55. The van der Waals surface area contributed by atoms with E-state index >= 15 is 0 Å². The van der Waals surface area contributed by atoms with Gasteiger partial charge >= 0.3 is 0 Å². The molecule has 2 aromatic rings. The Labute approximate surface area is 202 Å². The molecule has 1 aromatic carbocycles. The largest absolute Gasteiger partial charge is 0.467 e. The number of carbonyl (C=O) groups is 1. The summed E-state index contributed by atoms with van der Waals surface area (Å²) in [6, 6.07) is 10.4. The third-order valence-electron chi connectivity index (χ3n) is 8.51. The summed E-state index contributed by atoms with van der Waals surface area (Å²) in [6.45, 7) is 2.84. The van der Waals surface area contributed by atoms with Gasteiger partial charge in [0.15, 0.2) is 0 Å². The van der Waals surface area contributed by atoms with Crippen LogP contribution in [0.1, 0.15) is 62.8 Å². The topological polar surface area (TPSA) is 96.8 Å². The molecule has 0 spiro atoms. The zero-order valence-corrected chi connectivity index (χ0v) is 20.8. The van der Waals surface area contributed by atoms with Crippen LogP contribution in [0.4, 0.5) is 0 Å². The number of hydrogen-bond donors (Lipinski definition) is 1.